The maximum atomic E-state index is 13.6. The maximum absolute atomic E-state index is 13.6. The minimum atomic E-state index is -2.21. The van der Waals surface area contributed by atoms with Crippen LogP contribution in [0, 0.1) is 0 Å². The molecular weight excluding hydrogens is 241 g/mol. The van der Waals surface area contributed by atoms with Gasteiger partial charge in [-0.1, -0.05) is 0 Å². The average Bonchev–Trinajstić information content (AvgIpc) is 2.37. The smallest absolute Gasteiger partial charge is 0.363 e. The molecule has 0 fully saturated rings. The largest absolute Gasteiger partial charge is 0.462 e. The van der Waals surface area contributed by atoms with E-state index in [1.54, 1.807) is 18.9 Å². The molecule has 0 amide bonds. The number of alkyl halides is 1. The molecule has 1 atom stereocenters. The van der Waals surface area contributed by atoms with E-state index in [0.717, 1.165) is 0 Å². The van der Waals surface area contributed by atoms with Gasteiger partial charge in [-0.05, 0) is 13.8 Å². The number of halogens is 1. The van der Waals surface area contributed by atoms with Crippen molar-refractivity contribution in [3.63, 3.8) is 0 Å². The van der Waals surface area contributed by atoms with E-state index in [0.29, 0.717) is 16.9 Å². The predicted octanol–water partition coefficient (Wildman–Crippen LogP) is 0.731. The van der Waals surface area contributed by atoms with Gasteiger partial charge in [-0.25, -0.2) is 9.18 Å². The quantitative estimate of drug-likeness (QED) is 0.728. The summed E-state index contributed by atoms with van der Waals surface area (Å²) < 4.78 is 18.6. The summed E-state index contributed by atoms with van der Waals surface area (Å²) in [6, 6.07) is 1.22. The number of hydrogen-bond donors (Lipinski definition) is 0. The summed E-state index contributed by atoms with van der Waals surface area (Å²) in [4.78, 5) is 24.6. The highest BCUT2D eigenvalue weighted by Crippen LogP contribution is 2.10. The van der Waals surface area contributed by atoms with Gasteiger partial charge in [0.05, 0.1) is 18.5 Å². The number of ether oxygens (including phenoxy) is 1. The Morgan fingerprint density at radius 3 is 2.78 bits per heavy atom. The Labute approximate surface area is 104 Å². The molecule has 0 bridgehead atoms. The Kier molecular flexibility index (Phi) is 4.82. The molecule has 0 aliphatic heterocycles. The lowest BCUT2D eigenvalue weighted by Gasteiger charge is -2.16. The van der Waals surface area contributed by atoms with Gasteiger partial charge in [0.15, 0.2) is 0 Å². The summed E-state index contributed by atoms with van der Waals surface area (Å²) in [5.74, 6) is -1.12. The highest BCUT2D eigenvalue weighted by molar-refractivity contribution is 5.72. The van der Waals surface area contributed by atoms with Crippen LogP contribution in [0.5, 0.6) is 0 Å². The van der Waals surface area contributed by atoms with Crippen molar-refractivity contribution in [3.05, 3.63) is 22.6 Å². The lowest BCUT2D eigenvalue weighted by Crippen LogP contribution is -2.31. The Hall–Kier alpha value is -1.92. The van der Waals surface area contributed by atoms with Crippen LogP contribution in [0.4, 0.5) is 10.1 Å². The molecule has 1 aromatic rings. The highest BCUT2D eigenvalue weighted by Gasteiger charge is 2.23. The van der Waals surface area contributed by atoms with E-state index in [1.807, 2.05) is 6.92 Å². The molecule has 1 heterocycles. The lowest BCUT2D eigenvalue weighted by atomic mass is 10.4. The summed E-state index contributed by atoms with van der Waals surface area (Å²) in [5.41, 5.74) is -0.122. The molecule has 1 rings (SSSR count). The Bertz CT molecular complexity index is 475. The van der Waals surface area contributed by atoms with Gasteiger partial charge in [0.2, 0.25) is 0 Å². The van der Waals surface area contributed by atoms with E-state index in [4.69, 9.17) is 0 Å². The molecule has 1 unspecified atom stereocenters. The monoisotopic (exact) mass is 257 g/mol. The van der Waals surface area contributed by atoms with Gasteiger partial charge < -0.3 is 9.64 Å². The SMILES string of the molecule is CCOC(=O)C(F)n1ncc(N(C)CC)cc1=O. The van der Waals surface area contributed by atoms with Crippen LogP contribution < -0.4 is 10.5 Å². The van der Waals surface area contributed by atoms with E-state index in [2.05, 4.69) is 9.84 Å². The van der Waals surface area contributed by atoms with Crippen LogP contribution in [0.15, 0.2) is 17.1 Å². The number of carbonyl (C=O) groups excluding carboxylic acids is 1. The van der Waals surface area contributed by atoms with Crippen LogP contribution in [-0.2, 0) is 9.53 Å². The number of hydrogen-bond acceptors (Lipinski definition) is 5. The summed E-state index contributed by atoms with van der Waals surface area (Å²) in [6.45, 7) is 4.19. The van der Waals surface area contributed by atoms with Gasteiger partial charge >= 0.3 is 5.97 Å². The fourth-order valence-corrected chi connectivity index (χ4v) is 1.28. The molecule has 18 heavy (non-hydrogen) atoms. The standard InChI is InChI=1S/C11H16FN3O3/c1-4-14(3)8-6-9(16)15(13-7-8)10(12)11(17)18-5-2/h6-7,10H,4-5H2,1-3H3. The van der Waals surface area contributed by atoms with Gasteiger partial charge in [-0.15, -0.1) is 0 Å². The molecule has 0 aliphatic carbocycles. The minimum Gasteiger partial charge on any atom is -0.462 e. The number of aromatic nitrogens is 2. The van der Waals surface area contributed by atoms with E-state index in [-0.39, 0.29) is 6.61 Å². The third-order valence-corrected chi connectivity index (χ3v) is 2.42. The molecule has 0 saturated heterocycles. The number of nitrogens with zero attached hydrogens (tertiary/aromatic N) is 3. The van der Waals surface area contributed by atoms with E-state index in [9.17, 15) is 14.0 Å². The molecule has 0 radical (unpaired) electrons. The van der Waals surface area contributed by atoms with Gasteiger partial charge in [0.25, 0.3) is 11.9 Å². The average molecular weight is 257 g/mol. The van der Waals surface area contributed by atoms with Crippen molar-refractivity contribution >= 4 is 11.7 Å². The second-order valence-corrected chi connectivity index (χ2v) is 3.60. The van der Waals surface area contributed by atoms with Crippen molar-refractivity contribution in [2.45, 2.75) is 20.1 Å². The van der Waals surface area contributed by atoms with E-state index in [1.165, 1.54) is 12.3 Å². The zero-order chi connectivity index (χ0) is 13.7. The van der Waals surface area contributed by atoms with E-state index >= 15 is 0 Å². The van der Waals surface area contributed by atoms with Crippen molar-refractivity contribution in [1.29, 1.82) is 0 Å². The van der Waals surface area contributed by atoms with Crippen molar-refractivity contribution in [2.24, 2.45) is 0 Å². The third kappa shape index (κ3) is 3.06. The Morgan fingerprint density at radius 2 is 2.28 bits per heavy atom. The number of rotatable bonds is 5. The first kappa shape index (κ1) is 14.1. The molecule has 0 saturated carbocycles. The van der Waals surface area contributed by atoms with Crippen LogP contribution in [0.25, 0.3) is 0 Å². The van der Waals surface area contributed by atoms with Crippen LogP contribution in [0.1, 0.15) is 20.1 Å². The first-order valence-corrected chi connectivity index (χ1v) is 5.62. The Balaban J connectivity index is 2.99. The van der Waals surface area contributed by atoms with Crippen LogP contribution in [0.3, 0.4) is 0 Å². The Morgan fingerprint density at radius 1 is 1.61 bits per heavy atom. The lowest BCUT2D eigenvalue weighted by molar-refractivity contribution is -0.153. The van der Waals surface area contributed by atoms with Crippen molar-refractivity contribution in [3.8, 4) is 0 Å². The third-order valence-electron chi connectivity index (χ3n) is 2.42. The first-order chi connectivity index (χ1) is 8.51. The molecular formula is C11H16FN3O3. The molecule has 6 nitrogen and oxygen atoms in total. The maximum Gasteiger partial charge on any atom is 0.363 e. The summed E-state index contributed by atoms with van der Waals surface area (Å²) in [6.07, 6.45) is -0.880. The summed E-state index contributed by atoms with van der Waals surface area (Å²) >= 11 is 0. The van der Waals surface area contributed by atoms with Crippen molar-refractivity contribution < 1.29 is 13.9 Å². The fourth-order valence-electron chi connectivity index (χ4n) is 1.28. The molecule has 0 spiro atoms. The second-order valence-electron chi connectivity index (χ2n) is 3.60. The highest BCUT2D eigenvalue weighted by atomic mass is 19.1. The van der Waals surface area contributed by atoms with Crippen LogP contribution in [-0.4, -0.2) is 35.9 Å². The van der Waals surface area contributed by atoms with Crippen molar-refractivity contribution in [1.82, 2.24) is 9.78 Å². The van der Waals surface area contributed by atoms with E-state index < -0.39 is 17.8 Å². The fraction of sp³-hybridized carbons (Fsp3) is 0.545. The van der Waals surface area contributed by atoms with Crippen molar-refractivity contribution in [2.75, 3.05) is 25.1 Å². The molecule has 7 heteroatoms. The van der Waals surface area contributed by atoms with Gasteiger partial charge in [-0.3, -0.25) is 4.79 Å². The van der Waals surface area contributed by atoms with Gasteiger partial charge in [0, 0.05) is 19.7 Å². The van der Waals surface area contributed by atoms with Gasteiger partial charge in [-0.2, -0.15) is 9.78 Å². The zero-order valence-corrected chi connectivity index (χ0v) is 10.6. The molecule has 0 aliphatic rings. The topological polar surface area (TPSA) is 64.4 Å². The number of esters is 1. The normalized spacial score (nSPS) is 12.0. The summed E-state index contributed by atoms with van der Waals surface area (Å²) in [5, 5.41) is 3.64. The number of anilines is 1. The zero-order valence-electron chi connectivity index (χ0n) is 10.6. The molecule has 0 aromatic carbocycles. The van der Waals surface area contributed by atoms with Crippen LogP contribution >= 0.6 is 0 Å². The minimum absolute atomic E-state index is 0.0463. The van der Waals surface area contributed by atoms with Gasteiger partial charge in [0.1, 0.15) is 0 Å². The predicted molar refractivity (Wildman–Crippen MR) is 64.2 cm³/mol. The first-order valence-electron chi connectivity index (χ1n) is 5.62. The van der Waals surface area contributed by atoms with Crippen LogP contribution in [0.2, 0.25) is 0 Å². The molecule has 1 aromatic heterocycles. The number of carbonyl (C=O) groups is 1. The molecule has 100 valence electrons. The second kappa shape index (κ2) is 6.13. The molecule has 0 N–H and O–H groups in total. The summed E-state index contributed by atoms with van der Waals surface area (Å²) in [7, 11) is 1.78.